The van der Waals surface area contributed by atoms with Crippen molar-refractivity contribution >= 4 is 38.8 Å². The fourth-order valence-electron chi connectivity index (χ4n) is 3.81. The zero-order valence-electron chi connectivity index (χ0n) is 14.9. The molecule has 1 fully saturated rings. The fraction of sp³-hybridized carbons (Fsp3) is 0.318. The highest BCUT2D eigenvalue weighted by molar-refractivity contribution is 7.20. The van der Waals surface area contributed by atoms with Crippen molar-refractivity contribution in [1.82, 2.24) is 4.98 Å². The van der Waals surface area contributed by atoms with Crippen LogP contribution in [0.15, 0.2) is 30.3 Å². The zero-order valence-corrected chi connectivity index (χ0v) is 16.5. The Bertz CT molecular complexity index is 1020. The maximum Gasteiger partial charge on any atom is 0.131 e. The van der Waals surface area contributed by atoms with Gasteiger partial charge in [0.05, 0.1) is 16.0 Å². The second-order valence-corrected chi connectivity index (χ2v) is 8.38. The number of fused-ring (bicyclic) bond motifs is 1. The van der Waals surface area contributed by atoms with Gasteiger partial charge in [0.25, 0.3) is 0 Å². The van der Waals surface area contributed by atoms with Gasteiger partial charge >= 0.3 is 0 Å². The Morgan fingerprint density at radius 3 is 2.78 bits per heavy atom. The van der Waals surface area contributed by atoms with E-state index < -0.39 is 0 Å². The monoisotopic (exact) mass is 398 g/mol. The van der Waals surface area contributed by atoms with Crippen molar-refractivity contribution in [2.24, 2.45) is 0 Å². The Labute approximate surface area is 167 Å². The van der Waals surface area contributed by atoms with E-state index in [1.54, 1.807) is 29.5 Å². The Morgan fingerprint density at radius 1 is 1.26 bits per heavy atom. The average Bonchev–Trinajstić information content (AvgIpc) is 3.06. The molecule has 0 spiro atoms. The van der Waals surface area contributed by atoms with Crippen LogP contribution in [0.25, 0.3) is 10.2 Å². The van der Waals surface area contributed by atoms with E-state index >= 15 is 0 Å². The van der Waals surface area contributed by atoms with E-state index in [4.69, 9.17) is 18.0 Å². The van der Waals surface area contributed by atoms with E-state index in [2.05, 4.69) is 16.2 Å². The number of rotatable bonds is 4. The minimum atomic E-state index is -0.222. The molecule has 1 saturated carbocycles. The van der Waals surface area contributed by atoms with Crippen LogP contribution in [0, 0.1) is 18.2 Å². The molecular formula is C22H20ClFN2S. The van der Waals surface area contributed by atoms with E-state index in [1.807, 2.05) is 6.07 Å². The van der Waals surface area contributed by atoms with E-state index in [0.29, 0.717) is 23.2 Å². The molecule has 2 aromatic heterocycles. The van der Waals surface area contributed by atoms with Crippen LogP contribution < -0.4 is 5.32 Å². The van der Waals surface area contributed by atoms with Gasteiger partial charge in [0.2, 0.25) is 0 Å². The number of aromatic nitrogens is 1. The highest BCUT2D eigenvalue weighted by atomic mass is 35.5. The summed E-state index contributed by atoms with van der Waals surface area (Å²) in [7, 11) is 0. The lowest BCUT2D eigenvalue weighted by Gasteiger charge is -2.20. The zero-order chi connectivity index (χ0) is 18.8. The predicted octanol–water partition coefficient (Wildman–Crippen LogP) is 6.73. The Morgan fingerprint density at radius 2 is 2.04 bits per heavy atom. The molecule has 0 atom stereocenters. The molecule has 0 saturated heterocycles. The predicted molar refractivity (Wildman–Crippen MR) is 112 cm³/mol. The number of pyridine rings is 1. The molecule has 4 rings (SSSR count). The van der Waals surface area contributed by atoms with Crippen LogP contribution in [0.3, 0.4) is 0 Å². The lowest BCUT2D eigenvalue weighted by Crippen LogP contribution is -2.04. The highest BCUT2D eigenvalue weighted by Gasteiger charge is 2.24. The molecule has 0 unspecified atom stereocenters. The van der Waals surface area contributed by atoms with Gasteiger partial charge in [0.15, 0.2) is 0 Å². The largest absolute Gasteiger partial charge is 0.380 e. The van der Waals surface area contributed by atoms with Crippen LogP contribution in [0.2, 0.25) is 5.15 Å². The molecular weight excluding hydrogens is 379 g/mol. The van der Waals surface area contributed by atoms with Crippen LogP contribution in [0.1, 0.15) is 54.0 Å². The van der Waals surface area contributed by atoms with Crippen molar-refractivity contribution in [3.05, 3.63) is 57.3 Å². The molecule has 5 heteroatoms. The van der Waals surface area contributed by atoms with Gasteiger partial charge in [-0.3, -0.25) is 0 Å². The van der Waals surface area contributed by atoms with Gasteiger partial charge in [0.1, 0.15) is 16.5 Å². The van der Waals surface area contributed by atoms with Gasteiger partial charge in [-0.05, 0) is 24.8 Å². The third kappa shape index (κ3) is 3.67. The Balaban J connectivity index is 1.73. The molecule has 138 valence electrons. The van der Waals surface area contributed by atoms with E-state index in [1.165, 1.54) is 43.0 Å². The molecule has 2 heterocycles. The van der Waals surface area contributed by atoms with Crippen LogP contribution in [0.5, 0.6) is 0 Å². The number of nitrogens with zero attached hydrogens (tertiary/aromatic N) is 1. The van der Waals surface area contributed by atoms with Crippen LogP contribution in [0.4, 0.5) is 10.1 Å². The van der Waals surface area contributed by atoms with Gasteiger partial charge in [-0.15, -0.1) is 17.8 Å². The fourth-order valence-corrected chi connectivity index (χ4v) is 5.37. The van der Waals surface area contributed by atoms with Crippen molar-refractivity contribution < 1.29 is 4.39 Å². The van der Waals surface area contributed by atoms with Crippen molar-refractivity contribution in [2.75, 3.05) is 5.32 Å². The molecule has 0 amide bonds. The third-order valence-electron chi connectivity index (χ3n) is 5.18. The van der Waals surface area contributed by atoms with Crippen molar-refractivity contribution in [3.63, 3.8) is 0 Å². The molecule has 1 aliphatic rings. The minimum absolute atomic E-state index is 0.222. The highest BCUT2D eigenvalue weighted by Crippen LogP contribution is 2.44. The second-order valence-electron chi connectivity index (χ2n) is 6.94. The van der Waals surface area contributed by atoms with Gasteiger partial charge in [-0.2, -0.15) is 0 Å². The second kappa shape index (κ2) is 7.88. The first-order chi connectivity index (χ1) is 13.2. The number of nitrogens with one attached hydrogen (secondary N) is 1. The minimum Gasteiger partial charge on any atom is -0.380 e. The van der Waals surface area contributed by atoms with E-state index in [0.717, 1.165) is 21.5 Å². The first-order valence-electron chi connectivity index (χ1n) is 9.24. The Hall–Kier alpha value is -2.09. The summed E-state index contributed by atoms with van der Waals surface area (Å²) in [6, 6.07) is 8.56. The molecule has 1 aromatic carbocycles. The van der Waals surface area contributed by atoms with Gasteiger partial charge in [-0.25, -0.2) is 9.37 Å². The summed E-state index contributed by atoms with van der Waals surface area (Å²) in [5, 5.41) is 3.72. The molecule has 1 aliphatic carbocycles. The van der Waals surface area contributed by atoms with Crippen molar-refractivity contribution in [2.45, 2.75) is 44.6 Å². The van der Waals surface area contributed by atoms with Gasteiger partial charge < -0.3 is 5.32 Å². The molecule has 1 N–H and O–H groups in total. The molecule has 27 heavy (non-hydrogen) atoms. The molecule has 0 aliphatic heterocycles. The number of benzene rings is 1. The van der Waals surface area contributed by atoms with E-state index in [-0.39, 0.29) is 5.82 Å². The summed E-state index contributed by atoms with van der Waals surface area (Å²) >= 11 is 7.98. The Kier molecular flexibility index (Phi) is 5.33. The quantitative estimate of drug-likeness (QED) is 0.389. The summed E-state index contributed by atoms with van der Waals surface area (Å²) in [4.78, 5) is 5.76. The lowest BCUT2D eigenvalue weighted by atomic mass is 9.87. The van der Waals surface area contributed by atoms with Crippen molar-refractivity contribution in [1.29, 1.82) is 0 Å². The topological polar surface area (TPSA) is 24.9 Å². The summed E-state index contributed by atoms with van der Waals surface area (Å²) < 4.78 is 15.0. The first kappa shape index (κ1) is 18.3. The smallest absolute Gasteiger partial charge is 0.131 e. The lowest BCUT2D eigenvalue weighted by molar-refractivity contribution is 0.448. The molecule has 3 aromatic rings. The van der Waals surface area contributed by atoms with Gasteiger partial charge in [0, 0.05) is 23.1 Å². The number of anilines is 1. The third-order valence-corrected chi connectivity index (χ3v) is 6.75. The first-order valence-corrected chi connectivity index (χ1v) is 10.4. The van der Waals surface area contributed by atoms with Crippen LogP contribution in [-0.4, -0.2) is 4.98 Å². The molecule has 2 nitrogen and oxygen atoms in total. The summed E-state index contributed by atoms with van der Waals surface area (Å²) in [5.41, 5.74) is 3.13. The average molecular weight is 399 g/mol. The normalized spacial score (nSPS) is 15.0. The maximum atomic E-state index is 13.9. The van der Waals surface area contributed by atoms with Crippen molar-refractivity contribution in [3.8, 4) is 12.3 Å². The molecule has 0 bridgehead atoms. The SMILES string of the molecule is C#Cc1c(C2CCCCC2)sc2c(NCc3ccccc3F)cc(Cl)nc12. The van der Waals surface area contributed by atoms with Crippen LogP contribution >= 0.6 is 22.9 Å². The molecule has 0 radical (unpaired) electrons. The number of thiophene rings is 1. The number of hydrogen-bond donors (Lipinski definition) is 1. The summed E-state index contributed by atoms with van der Waals surface area (Å²) in [5.74, 6) is 3.13. The van der Waals surface area contributed by atoms with E-state index in [9.17, 15) is 4.39 Å². The maximum absolute atomic E-state index is 13.9. The summed E-state index contributed by atoms with van der Waals surface area (Å²) in [6.45, 7) is 0.379. The number of hydrogen-bond acceptors (Lipinski definition) is 3. The van der Waals surface area contributed by atoms with Crippen LogP contribution in [-0.2, 0) is 6.54 Å². The number of halogens is 2. The summed E-state index contributed by atoms with van der Waals surface area (Å²) in [6.07, 6.45) is 12.0. The van der Waals surface area contributed by atoms with Gasteiger partial charge in [-0.1, -0.05) is 55.0 Å². The number of terminal acetylenes is 1. The standard InChI is InChI=1S/C22H20ClFN2S/c1-2-16-20-22(27-21(16)14-8-4-3-5-9-14)18(12-19(23)26-20)25-13-15-10-6-7-11-17(15)24/h1,6-7,10-12,14H,3-5,8-9,13H2,(H,25,26).